The first-order chi connectivity index (χ1) is 8.91. The van der Waals surface area contributed by atoms with Crippen molar-refractivity contribution in [2.75, 3.05) is 26.2 Å². The van der Waals surface area contributed by atoms with Crippen LogP contribution in [0.1, 0.15) is 24.1 Å². The molecule has 0 amide bonds. The van der Waals surface area contributed by atoms with Crippen LogP contribution in [0.5, 0.6) is 0 Å². The van der Waals surface area contributed by atoms with Crippen LogP contribution >= 0.6 is 24.8 Å². The maximum atomic E-state index is 14.0. The summed E-state index contributed by atoms with van der Waals surface area (Å²) in [6.07, 6.45) is -4.65. The first-order valence-electron chi connectivity index (χ1n) is 6.21. The van der Waals surface area contributed by atoms with Crippen LogP contribution in [-0.4, -0.2) is 31.1 Å². The van der Waals surface area contributed by atoms with E-state index in [-0.39, 0.29) is 36.4 Å². The number of nitrogens with zero attached hydrogens (tertiary/aromatic N) is 1. The lowest BCUT2D eigenvalue weighted by Gasteiger charge is -2.33. The Bertz CT molecular complexity index is 448. The molecule has 2 nitrogen and oxygen atoms in total. The highest BCUT2D eigenvalue weighted by Crippen LogP contribution is 2.34. The molecule has 1 saturated heterocycles. The summed E-state index contributed by atoms with van der Waals surface area (Å²) in [4.78, 5) is 1.98. The maximum Gasteiger partial charge on any atom is 0.419 e. The minimum absolute atomic E-state index is 0. The van der Waals surface area contributed by atoms with Gasteiger partial charge < -0.3 is 5.32 Å². The Hall–Kier alpha value is -0.560. The first kappa shape index (κ1) is 20.4. The summed E-state index contributed by atoms with van der Waals surface area (Å²) in [5.41, 5.74) is -1.08. The zero-order valence-electron chi connectivity index (χ0n) is 11.4. The van der Waals surface area contributed by atoms with Crippen LogP contribution in [0.25, 0.3) is 0 Å². The van der Waals surface area contributed by atoms with Crippen LogP contribution < -0.4 is 5.32 Å². The van der Waals surface area contributed by atoms with E-state index < -0.39 is 17.6 Å². The molecule has 21 heavy (non-hydrogen) atoms. The lowest BCUT2D eigenvalue weighted by molar-refractivity contribution is -0.140. The molecule has 8 heteroatoms. The first-order valence-corrected chi connectivity index (χ1v) is 6.21. The van der Waals surface area contributed by atoms with E-state index in [1.807, 2.05) is 4.90 Å². The average Bonchev–Trinajstić information content (AvgIpc) is 2.38. The SMILES string of the molecule is C[C@H](c1cccc(C(F)(F)F)c1F)N1CCNCC1.Cl.Cl. The Morgan fingerprint density at radius 1 is 1.14 bits per heavy atom. The van der Waals surface area contributed by atoms with Gasteiger partial charge in [-0.05, 0) is 13.0 Å². The second-order valence-corrected chi connectivity index (χ2v) is 4.67. The predicted octanol–water partition coefficient (Wildman–Crippen LogP) is 3.65. The van der Waals surface area contributed by atoms with Crippen LogP contribution in [0.2, 0.25) is 0 Å². The van der Waals surface area contributed by atoms with Crippen molar-refractivity contribution < 1.29 is 17.6 Å². The minimum atomic E-state index is -4.65. The topological polar surface area (TPSA) is 15.3 Å². The van der Waals surface area contributed by atoms with E-state index in [9.17, 15) is 17.6 Å². The highest BCUT2D eigenvalue weighted by molar-refractivity contribution is 5.85. The van der Waals surface area contributed by atoms with Gasteiger partial charge in [0, 0.05) is 37.8 Å². The molecule has 1 aliphatic rings. The maximum absolute atomic E-state index is 14.0. The summed E-state index contributed by atoms with van der Waals surface area (Å²) >= 11 is 0. The fraction of sp³-hybridized carbons (Fsp3) is 0.538. The minimum Gasteiger partial charge on any atom is -0.314 e. The number of piperazine rings is 1. The van der Waals surface area contributed by atoms with Crippen LogP contribution in [0.3, 0.4) is 0 Å². The summed E-state index contributed by atoms with van der Waals surface area (Å²) in [5, 5.41) is 3.16. The molecule has 0 radical (unpaired) electrons. The molecule has 1 aromatic rings. The van der Waals surface area contributed by atoms with E-state index >= 15 is 0 Å². The Kier molecular flexibility index (Phi) is 7.95. The van der Waals surface area contributed by atoms with Gasteiger partial charge in [0.25, 0.3) is 0 Å². The van der Waals surface area contributed by atoms with E-state index in [1.54, 1.807) is 6.92 Å². The monoisotopic (exact) mass is 348 g/mol. The van der Waals surface area contributed by atoms with Crippen molar-refractivity contribution in [2.45, 2.75) is 19.1 Å². The number of benzene rings is 1. The molecule has 0 saturated carbocycles. The fourth-order valence-electron chi connectivity index (χ4n) is 2.36. The molecule has 0 aromatic heterocycles. The quantitative estimate of drug-likeness (QED) is 0.820. The summed E-state index contributed by atoms with van der Waals surface area (Å²) in [6.45, 7) is 4.69. The van der Waals surface area contributed by atoms with Gasteiger partial charge in [-0.25, -0.2) is 4.39 Å². The fourth-order valence-corrected chi connectivity index (χ4v) is 2.36. The molecule has 1 fully saturated rings. The third-order valence-electron chi connectivity index (χ3n) is 3.48. The highest BCUT2D eigenvalue weighted by Gasteiger charge is 2.35. The van der Waals surface area contributed by atoms with Crippen LogP contribution in [0, 0.1) is 5.82 Å². The van der Waals surface area contributed by atoms with E-state index in [2.05, 4.69) is 5.32 Å². The van der Waals surface area contributed by atoms with Gasteiger partial charge in [-0.15, -0.1) is 24.8 Å². The van der Waals surface area contributed by atoms with E-state index in [0.29, 0.717) is 13.1 Å². The largest absolute Gasteiger partial charge is 0.419 e. The van der Waals surface area contributed by atoms with Gasteiger partial charge in [0.2, 0.25) is 0 Å². The average molecular weight is 349 g/mol. The van der Waals surface area contributed by atoms with Gasteiger partial charge >= 0.3 is 6.18 Å². The van der Waals surface area contributed by atoms with Crippen molar-refractivity contribution in [1.29, 1.82) is 0 Å². The Labute approximate surface area is 133 Å². The standard InChI is InChI=1S/C13H16F4N2.2ClH/c1-9(19-7-5-18-6-8-19)10-3-2-4-11(12(10)14)13(15,16)17;;/h2-4,9,18H,5-8H2,1H3;2*1H/t9-;;/m1../s1. The predicted molar refractivity (Wildman–Crippen MR) is 78.8 cm³/mol. The second kappa shape index (κ2) is 8.17. The number of hydrogen-bond acceptors (Lipinski definition) is 2. The Balaban J connectivity index is 0.00000200. The molecule has 0 unspecified atom stereocenters. The summed E-state index contributed by atoms with van der Waals surface area (Å²) in [5.74, 6) is -1.15. The molecule has 1 aliphatic heterocycles. The third kappa shape index (κ3) is 4.71. The number of hydrogen-bond donors (Lipinski definition) is 1. The number of alkyl halides is 3. The molecular weight excluding hydrogens is 331 g/mol. The van der Waals surface area contributed by atoms with Crippen molar-refractivity contribution in [1.82, 2.24) is 10.2 Å². The lowest BCUT2D eigenvalue weighted by Crippen LogP contribution is -2.44. The number of nitrogens with one attached hydrogen (secondary N) is 1. The van der Waals surface area contributed by atoms with Crippen molar-refractivity contribution in [3.05, 3.63) is 35.1 Å². The molecule has 1 aromatic carbocycles. The van der Waals surface area contributed by atoms with Gasteiger partial charge in [0.15, 0.2) is 0 Å². The summed E-state index contributed by atoms with van der Waals surface area (Å²) < 4.78 is 52.0. The molecule has 0 aliphatic carbocycles. The van der Waals surface area contributed by atoms with E-state index in [4.69, 9.17) is 0 Å². The molecule has 122 valence electrons. The summed E-state index contributed by atoms with van der Waals surface area (Å²) in [7, 11) is 0. The molecule has 0 spiro atoms. The molecule has 1 atom stereocenters. The van der Waals surface area contributed by atoms with Crippen LogP contribution in [-0.2, 0) is 6.18 Å². The van der Waals surface area contributed by atoms with Crippen molar-refractivity contribution in [3.8, 4) is 0 Å². The van der Waals surface area contributed by atoms with Crippen molar-refractivity contribution in [2.24, 2.45) is 0 Å². The number of halogens is 6. The smallest absolute Gasteiger partial charge is 0.314 e. The van der Waals surface area contributed by atoms with Crippen LogP contribution in [0.4, 0.5) is 17.6 Å². The van der Waals surface area contributed by atoms with Gasteiger partial charge in [0.05, 0.1) is 5.56 Å². The van der Waals surface area contributed by atoms with Crippen molar-refractivity contribution >= 4 is 24.8 Å². The summed E-state index contributed by atoms with van der Waals surface area (Å²) in [6, 6.07) is 3.12. The lowest BCUT2D eigenvalue weighted by atomic mass is 10.0. The molecule has 1 heterocycles. The molecule has 0 bridgehead atoms. The van der Waals surface area contributed by atoms with Gasteiger partial charge in [-0.1, -0.05) is 12.1 Å². The van der Waals surface area contributed by atoms with Gasteiger partial charge in [-0.2, -0.15) is 13.2 Å². The molecule has 2 rings (SSSR count). The zero-order valence-corrected chi connectivity index (χ0v) is 13.0. The van der Waals surface area contributed by atoms with Crippen molar-refractivity contribution in [3.63, 3.8) is 0 Å². The Morgan fingerprint density at radius 3 is 2.24 bits per heavy atom. The molecular formula is C13H18Cl2F4N2. The van der Waals surface area contributed by atoms with Gasteiger partial charge in [-0.3, -0.25) is 4.90 Å². The van der Waals surface area contributed by atoms with Gasteiger partial charge in [0.1, 0.15) is 5.82 Å². The number of rotatable bonds is 2. The normalized spacial score (nSPS) is 17.6. The highest BCUT2D eigenvalue weighted by atomic mass is 35.5. The zero-order chi connectivity index (χ0) is 14.0. The third-order valence-corrected chi connectivity index (χ3v) is 3.48. The van der Waals surface area contributed by atoms with Crippen LogP contribution in [0.15, 0.2) is 18.2 Å². The Morgan fingerprint density at radius 2 is 1.71 bits per heavy atom. The second-order valence-electron chi connectivity index (χ2n) is 4.67. The van der Waals surface area contributed by atoms with E-state index in [0.717, 1.165) is 19.2 Å². The molecule has 1 N–H and O–H groups in total. The van der Waals surface area contributed by atoms with E-state index in [1.165, 1.54) is 12.1 Å².